The van der Waals surface area contributed by atoms with Gasteiger partial charge in [0.25, 0.3) is 17.7 Å². The van der Waals surface area contributed by atoms with Gasteiger partial charge in [0.2, 0.25) is 0 Å². The maximum Gasteiger partial charge on any atom is 0.405 e. The molecule has 4 aromatic rings. The molecule has 5 rings (SSSR count). The molecule has 0 bridgehead atoms. The molecule has 3 heterocycles. The van der Waals surface area contributed by atoms with Crippen LogP contribution in [0.3, 0.4) is 0 Å². The molecule has 0 radical (unpaired) electrons. The van der Waals surface area contributed by atoms with Crippen molar-refractivity contribution in [2.75, 3.05) is 64.0 Å². The summed E-state index contributed by atoms with van der Waals surface area (Å²) in [6, 6.07) is 10.7. The third-order valence-corrected chi connectivity index (χ3v) is 8.88. The number of anilines is 2. The fraction of sp³-hybridized carbons (Fsp3) is 0.297. The van der Waals surface area contributed by atoms with Crippen LogP contribution in [-0.2, 0) is 21.4 Å². The van der Waals surface area contributed by atoms with Crippen molar-refractivity contribution >= 4 is 51.7 Å². The molecule has 278 valence electrons. The summed E-state index contributed by atoms with van der Waals surface area (Å²) < 4.78 is 59.0. The number of alkyl halides is 3. The molecular weight excluding hydrogens is 718 g/mol. The number of halogens is 5. The summed E-state index contributed by atoms with van der Waals surface area (Å²) in [5.74, 6) is 2.17. The first kappa shape index (κ1) is 38.8. The number of amides is 3. The summed E-state index contributed by atoms with van der Waals surface area (Å²) >= 11 is 6.50. The molecule has 0 aliphatic carbocycles. The highest BCUT2D eigenvalue weighted by Gasteiger charge is 2.29. The molecule has 2 aromatic carbocycles. The van der Waals surface area contributed by atoms with Gasteiger partial charge in [-0.1, -0.05) is 42.3 Å². The van der Waals surface area contributed by atoms with Crippen LogP contribution in [0, 0.1) is 11.8 Å². The van der Waals surface area contributed by atoms with Crippen molar-refractivity contribution in [3.05, 3.63) is 77.2 Å². The Balaban J connectivity index is 1.57. The van der Waals surface area contributed by atoms with Crippen LogP contribution in [0.5, 0.6) is 0 Å². The lowest BCUT2D eigenvalue weighted by atomic mass is 9.96. The number of aromatic nitrogens is 2. The third kappa shape index (κ3) is 9.33. The minimum atomic E-state index is -4.62. The monoisotopic (exact) mass is 753 g/mol. The number of pyridine rings is 1. The number of likely N-dealkylation sites (N-methyl/N-ethyl adjacent to an activating group) is 1. The number of nitrogens with two attached hydrogens (primary N) is 1. The van der Waals surface area contributed by atoms with Crippen molar-refractivity contribution in [3.63, 3.8) is 0 Å². The van der Waals surface area contributed by atoms with E-state index in [1.165, 1.54) is 29.3 Å². The summed E-state index contributed by atoms with van der Waals surface area (Å²) in [5.41, 5.74) is 9.53. The molecule has 1 saturated heterocycles. The number of carbonyl (C=O) groups is 3. The standard InChI is InChI=1S/C37H36ClF4N7O4/c1-22(39)35(51)46-26-9-5-23(6-10-26)32-30(24-7-11-27(28(38)19-24)36(52)45-21-37(40,41)42)31-33(48(32)3)25(20-44-34(31)43)8-12-29(50)47(2)14-15-49-13-4-17-53-18-16-49/h5-7,9-11,19-20H,1,4,13-18,21H2,2-3H3,(H2,43,44)(H,45,52)(H,46,51). The van der Waals surface area contributed by atoms with Gasteiger partial charge in [0.15, 0.2) is 5.83 Å². The largest absolute Gasteiger partial charge is 0.405 e. The molecule has 1 aliphatic rings. The van der Waals surface area contributed by atoms with Crippen LogP contribution in [-0.4, -0.2) is 96.2 Å². The number of carbonyl (C=O) groups excluding carboxylic acids is 3. The van der Waals surface area contributed by atoms with Crippen LogP contribution in [0.2, 0.25) is 5.02 Å². The number of nitrogens with one attached hydrogen (secondary N) is 2. The molecule has 2 aromatic heterocycles. The number of nitrogens with zero attached hydrogens (tertiary/aromatic N) is 4. The van der Waals surface area contributed by atoms with E-state index in [0.29, 0.717) is 65.2 Å². The average Bonchev–Trinajstić information content (AvgIpc) is 3.24. The van der Waals surface area contributed by atoms with Crippen LogP contribution in [0.1, 0.15) is 22.3 Å². The normalized spacial score (nSPS) is 13.5. The molecule has 4 N–H and O–H groups in total. The molecule has 11 nitrogen and oxygen atoms in total. The summed E-state index contributed by atoms with van der Waals surface area (Å²) in [5, 5.41) is 4.51. The highest BCUT2D eigenvalue weighted by Crippen LogP contribution is 2.44. The number of hydrogen-bond donors (Lipinski definition) is 3. The molecule has 0 atom stereocenters. The summed E-state index contributed by atoms with van der Waals surface area (Å²) in [6.45, 7) is 5.61. The maximum absolute atomic E-state index is 13.4. The molecule has 0 saturated carbocycles. The Hall–Kier alpha value is -5.43. The zero-order chi connectivity index (χ0) is 38.4. The molecular formula is C37H36ClF4N7O4. The SMILES string of the molecule is C=C(F)C(=O)Nc1ccc(-c2c(-c3ccc(C(=O)NCC(F)(F)F)c(Cl)c3)c3c(N)ncc(C#CC(=O)N(C)CCN4CCCOCC4)c3n2C)cc1. The lowest BCUT2D eigenvalue weighted by Crippen LogP contribution is -2.37. The van der Waals surface area contributed by atoms with Crippen molar-refractivity contribution in [1.82, 2.24) is 24.7 Å². The molecule has 0 spiro atoms. The molecule has 1 aliphatic heterocycles. The third-order valence-electron chi connectivity index (χ3n) is 8.57. The van der Waals surface area contributed by atoms with Crippen LogP contribution in [0.25, 0.3) is 33.3 Å². The first-order valence-electron chi connectivity index (χ1n) is 16.4. The molecule has 16 heteroatoms. The molecule has 0 unspecified atom stereocenters. The zero-order valence-corrected chi connectivity index (χ0v) is 29.6. The van der Waals surface area contributed by atoms with Gasteiger partial charge < -0.3 is 30.6 Å². The second kappa shape index (κ2) is 16.5. The van der Waals surface area contributed by atoms with E-state index >= 15 is 0 Å². The van der Waals surface area contributed by atoms with Crippen molar-refractivity contribution in [1.29, 1.82) is 0 Å². The lowest BCUT2D eigenvalue weighted by Gasteiger charge is -2.22. The number of benzene rings is 2. The summed E-state index contributed by atoms with van der Waals surface area (Å²) in [6.07, 6.45) is -2.25. The minimum absolute atomic E-state index is 0.0979. The number of fused-ring (bicyclic) bond motifs is 1. The Morgan fingerprint density at radius 3 is 2.51 bits per heavy atom. The van der Waals surface area contributed by atoms with Gasteiger partial charge in [-0.2, -0.15) is 13.2 Å². The fourth-order valence-corrected chi connectivity index (χ4v) is 6.16. The van der Waals surface area contributed by atoms with Crippen molar-refractivity contribution in [3.8, 4) is 34.2 Å². The van der Waals surface area contributed by atoms with E-state index in [9.17, 15) is 31.9 Å². The van der Waals surface area contributed by atoms with E-state index in [-0.39, 0.29) is 22.1 Å². The smallest absolute Gasteiger partial charge is 0.383 e. The number of aryl methyl sites for hydroxylation is 1. The highest BCUT2D eigenvalue weighted by molar-refractivity contribution is 6.34. The predicted molar refractivity (Wildman–Crippen MR) is 195 cm³/mol. The predicted octanol–water partition coefficient (Wildman–Crippen LogP) is 5.39. The second-order valence-electron chi connectivity index (χ2n) is 12.3. The van der Waals surface area contributed by atoms with Crippen molar-refractivity contribution < 1.29 is 36.7 Å². The van der Waals surface area contributed by atoms with Crippen molar-refractivity contribution in [2.24, 2.45) is 7.05 Å². The van der Waals surface area contributed by atoms with E-state index in [4.69, 9.17) is 22.1 Å². The van der Waals surface area contributed by atoms with Gasteiger partial charge >= 0.3 is 6.18 Å². The van der Waals surface area contributed by atoms with E-state index in [2.05, 4.69) is 33.6 Å². The zero-order valence-electron chi connectivity index (χ0n) is 28.9. The molecule has 1 fully saturated rings. The quantitative estimate of drug-likeness (QED) is 0.119. The Kier molecular flexibility index (Phi) is 12.1. The first-order valence-corrected chi connectivity index (χ1v) is 16.8. The van der Waals surface area contributed by atoms with E-state index in [1.54, 1.807) is 42.9 Å². The number of nitrogen functional groups attached to an aromatic ring is 1. The minimum Gasteiger partial charge on any atom is -0.383 e. The highest BCUT2D eigenvalue weighted by atomic mass is 35.5. The topological polar surface area (TPSA) is 135 Å². The summed E-state index contributed by atoms with van der Waals surface area (Å²) in [4.78, 5) is 45.7. The van der Waals surface area contributed by atoms with Crippen molar-refractivity contribution in [2.45, 2.75) is 12.6 Å². The fourth-order valence-electron chi connectivity index (χ4n) is 5.89. The lowest BCUT2D eigenvalue weighted by molar-refractivity contribution is -0.124. The number of hydrogen-bond acceptors (Lipinski definition) is 7. The van der Waals surface area contributed by atoms with Crippen LogP contribution in [0.15, 0.2) is 61.1 Å². The second-order valence-corrected chi connectivity index (χ2v) is 12.7. The van der Waals surface area contributed by atoms with E-state index in [1.807, 2.05) is 5.32 Å². The van der Waals surface area contributed by atoms with Gasteiger partial charge in [-0.15, -0.1) is 0 Å². The van der Waals surface area contributed by atoms with Gasteiger partial charge in [0.1, 0.15) is 12.4 Å². The Labute approximate surface area is 307 Å². The van der Waals surface area contributed by atoms with Gasteiger partial charge in [0, 0.05) is 70.2 Å². The Morgan fingerprint density at radius 2 is 1.83 bits per heavy atom. The number of rotatable bonds is 9. The van der Waals surface area contributed by atoms with Gasteiger partial charge in [-0.3, -0.25) is 19.3 Å². The average molecular weight is 754 g/mol. The van der Waals surface area contributed by atoms with Gasteiger partial charge in [0.05, 0.1) is 39.4 Å². The number of ether oxygens (including phenoxy) is 1. The van der Waals surface area contributed by atoms with Crippen LogP contribution in [0.4, 0.5) is 29.1 Å². The Bertz CT molecular complexity index is 2120. The van der Waals surface area contributed by atoms with Crippen LogP contribution >= 0.6 is 11.6 Å². The Morgan fingerprint density at radius 1 is 1.11 bits per heavy atom. The van der Waals surface area contributed by atoms with E-state index < -0.39 is 36.3 Å². The van der Waals surface area contributed by atoms with Gasteiger partial charge in [-0.25, -0.2) is 9.37 Å². The first-order chi connectivity index (χ1) is 25.1. The molecule has 53 heavy (non-hydrogen) atoms. The molecule has 3 amide bonds. The van der Waals surface area contributed by atoms with Crippen LogP contribution < -0.4 is 16.4 Å². The van der Waals surface area contributed by atoms with Gasteiger partial charge in [-0.05, 0) is 41.8 Å². The maximum atomic E-state index is 13.4. The summed E-state index contributed by atoms with van der Waals surface area (Å²) in [7, 11) is 3.42. The van der Waals surface area contributed by atoms with E-state index in [0.717, 1.165) is 19.5 Å².